The summed E-state index contributed by atoms with van der Waals surface area (Å²) in [6.45, 7) is 5.72. The van der Waals surface area contributed by atoms with Crippen molar-refractivity contribution in [2.24, 2.45) is 0 Å². The summed E-state index contributed by atoms with van der Waals surface area (Å²) < 4.78 is 8.92. The van der Waals surface area contributed by atoms with E-state index in [1.165, 1.54) is 4.68 Å². The van der Waals surface area contributed by atoms with Gasteiger partial charge >= 0.3 is 0 Å². The molecule has 3 heterocycles. The van der Waals surface area contributed by atoms with Crippen LogP contribution in [0.2, 0.25) is 0 Å². The summed E-state index contributed by atoms with van der Waals surface area (Å²) in [5.41, 5.74) is 2.46. The van der Waals surface area contributed by atoms with E-state index in [9.17, 15) is 4.79 Å². The molecule has 1 fully saturated rings. The van der Waals surface area contributed by atoms with E-state index >= 15 is 0 Å². The van der Waals surface area contributed by atoms with Gasteiger partial charge in [0.1, 0.15) is 5.69 Å². The highest BCUT2D eigenvalue weighted by molar-refractivity contribution is 5.63. The van der Waals surface area contributed by atoms with Crippen LogP contribution in [0.3, 0.4) is 0 Å². The summed E-state index contributed by atoms with van der Waals surface area (Å²) in [5.74, 6) is 0.919. The fraction of sp³-hybridized carbons (Fsp3) is 0.409. The predicted molar refractivity (Wildman–Crippen MR) is 114 cm³/mol. The third kappa shape index (κ3) is 3.96. The summed E-state index contributed by atoms with van der Waals surface area (Å²) in [5, 5.41) is 9.52. The van der Waals surface area contributed by atoms with Crippen LogP contribution in [0.5, 0.6) is 0 Å². The summed E-state index contributed by atoms with van der Waals surface area (Å²) >= 11 is 0. The second-order valence-corrected chi connectivity index (χ2v) is 7.65. The smallest absolute Gasteiger partial charge is 0.267 e. The topological polar surface area (TPSA) is 65.2 Å². The number of hydrogen-bond donors (Lipinski definition) is 0. The van der Waals surface area contributed by atoms with E-state index < -0.39 is 0 Å². The Morgan fingerprint density at radius 1 is 1.03 bits per heavy atom. The van der Waals surface area contributed by atoms with E-state index in [2.05, 4.69) is 16.1 Å². The van der Waals surface area contributed by atoms with Crippen molar-refractivity contribution in [1.82, 2.24) is 19.6 Å². The van der Waals surface area contributed by atoms with E-state index in [1.807, 2.05) is 48.9 Å². The van der Waals surface area contributed by atoms with Gasteiger partial charge in [-0.25, -0.2) is 9.36 Å². The molecule has 0 saturated carbocycles. The minimum Gasteiger partial charge on any atom is -0.381 e. The molecule has 3 aromatic rings. The zero-order chi connectivity index (χ0) is 20.4. The Morgan fingerprint density at radius 3 is 2.41 bits per heavy atom. The summed E-state index contributed by atoms with van der Waals surface area (Å²) in [6, 6.07) is 15.4. The number of benzene rings is 1. The predicted octanol–water partition coefficient (Wildman–Crippen LogP) is 3.29. The highest BCUT2D eigenvalue weighted by Crippen LogP contribution is 2.28. The van der Waals surface area contributed by atoms with Crippen LogP contribution in [0, 0.1) is 0 Å². The molecule has 0 aliphatic carbocycles. The number of aromatic nitrogens is 4. The Bertz CT molecular complexity index is 1020. The van der Waals surface area contributed by atoms with Gasteiger partial charge < -0.3 is 9.64 Å². The second-order valence-electron chi connectivity index (χ2n) is 7.65. The quantitative estimate of drug-likeness (QED) is 0.666. The first kappa shape index (κ1) is 19.4. The normalized spacial score (nSPS) is 15.2. The summed E-state index contributed by atoms with van der Waals surface area (Å²) in [7, 11) is 1.78. The first-order valence-corrected chi connectivity index (χ1v) is 10.1. The fourth-order valence-corrected chi connectivity index (χ4v) is 3.72. The number of anilines is 1. The van der Waals surface area contributed by atoms with Crippen LogP contribution < -0.4 is 10.5 Å². The third-order valence-electron chi connectivity index (χ3n) is 5.37. The SMILES string of the molecule is COC1CCN(c2cc(-c3ccc(=O)n(C(C)C)n3)n(-c3ccccc3)n2)CC1. The molecule has 0 amide bonds. The Hall–Kier alpha value is -2.93. The van der Waals surface area contributed by atoms with Crippen LogP contribution in [0.1, 0.15) is 32.7 Å². The maximum absolute atomic E-state index is 12.2. The summed E-state index contributed by atoms with van der Waals surface area (Å²) in [4.78, 5) is 14.5. The molecule has 29 heavy (non-hydrogen) atoms. The van der Waals surface area contributed by atoms with Gasteiger partial charge in [0.05, 0.1) is 23.5 Å². The van der Waals surface area contributed by atoms with Crippen LogP contribution in [0.4, 0.5) is 5.82 Å². The molecule has 0 N–H and O–H groups in total. The molecule has 7 heteroatoms. The third-order valence-corrected chi connectivity index (χ3v) is 5.37. The van der Waals surface area contributed by atoms with Crippen LogP contribution >= 0.6 is 0 Å². The number of hydrogen-bond acceptors (Lipinski definition) is 5. The molecule has 0 atom stereocenters. The molecule has 1 aromatic carbocycles. The molecule has 1 aliphatic rings. The second kappa shape index (κ2) is 8.21. The zero-order valence-corrected chi connectivity index (χ0v) is 17.2. The van der Waals surface area contributed by atoms with Crippen molar-refractivity contribution < 1.29 is 4.74 Å². The van der Waals surface area contributed by atoms with E-state index in [4.69, 9.17) is 9.84 Å². The maximum atomic E-state index is 12.2. The Balaban J connectivity index is 1.77. The van der Waals surface area contributed by atoms with Gasteiger partial charge in [0, 0.05) is 32.3 Å². The summed E-state index contributed by atoms with van der Waals surface area (Å²) in [6.07, 6.45) is 2.29. The average molecular weight is 393 g/mol. The first-order valence-electron chi connectivity index (χ1n) is 10.1. The Labute approximate surface area is 170 Å². The van der Waals surface area contributed by atoms with Gasteiger partial charge in [-0.2, -0.15) is 5.10 Å². The van der Waals surface area contributed by atoms with E-state index in [1.54, 1.807) is 19.2 Å². The van der Waals surface area contributed by atoms with Gasteiger partial charge in [-0.05, 0) is 44.9 Å². The van der Waals surface area contributed by atoms with Gasteiger partial charge in [-0.1, -0.05) is 18.2 Å². The maximum Gasteiger partial charge on any atom is 0.267 e. The Kier molecular flexibility index (Phi) is 5.49. The molecule has 7 nitrogen and oxygen atoms in total. The number of nitrogens with zero attached hydrogens (tertiary/aromatic N) is 5. The van der Waals surface area contributed by atoms with Crippen LogP contribution in [0.15, 0.2) is 53.3 Å². The van der Waals surface area contributed by atoms with Crippen molar-refractivity contribution in [3.63, 3.8) is 0 Å². The minimum atomic E-state index is -0.101. The number of methoxy groups -OCH3 is 1. The molecule has 2 aromatic heterocycles. The highest BCUT2D eigenvalue weighted by Gasteiger charge is 2.23. The van der Waals surface area contributed by atoms with Crippen molar-refractivity contribution in [3.05, 3.63) is 58.9 Å². The minimum absolute atomic E-state index is 0.0110. The van der Waals surface area contributed by atoms with Gasteiger partial charge in [-0.15, -0.1) is 5.10 Å². The lowest BCUT2D eigenvalue weighted by Gasteiger charge is -2.31. The molecule has 0 bridgehead atoms. The van der Waals surface area contributed by atoms with Crippen molar-refractivity contribution in [2.45, 2.75) is 38.8 Å². The van der Waals surface area contributed by atoms with Gasteiger partial charge in [-0.3, -0.25) is 4.79 Å². The van der Waals surface area contributed by atoms with Crippen LogP contribution in [-0.2, 0) is 4.74 Å². The zero-order valence-electron chi connectivity index (χ0n) is 17.2. The van der Waals surface area contributed by atoms with Crippen molar-refractivity contribution in [1.29, 1.82) is 0 Å². The van der Waals surface area contributed by atoms with Crippen LogP contribution in [-0.4, -0.2) is 45.9 Å². The van der Waals surface area contributed by atoms with Crippen molar-refractivity contribution >= 4 is 5.82 Å². The molecule has 0 spiro atoms. The average Bonchev–Trinajstić information content (AvgIpc) is 3.20. The monoisotopic (exact) mass is 393 g/mol. The molecule has 1 aliphatic heterocycles. The number of piperidine rings is 1. The molecule has 0 unspecified atom stereocenters. The van der Waals surface area contributed by atoms with E-state index in [-0.39, 0.29) is 11.6 Å². The molecular formula is C22H27N5O2. The number of rotatable bonds is 5. The van der Waals surface area contributed by atoms with Gasteiger partial charge in [0.25, 0.3) is 5.56 Å². The van der Waals surface area contributed by atoms with E-state index in [0.717, 1.165) is 48.8 Å². The lowest BCUT2D eigenvalue weighted by atomic mass is 10.1. The van der Waals surface area contributed by atoms with Gasteiger partial charge in [0.15, 0.2) is 5.82 Å². The molecule has 4 rings (SSSR count). The molecular weight excluding hydrogens is 366 g/mol. The van der Waals surface area contributed by atoms with Crippen LogP contribution in [0.25, 0.3) is 17.1 Å². The van der Waals surface area contributed by atoms with Crippen molar-refractivity contribution in [2.75, 3.05) is 25.1 Å². The standard InChI is InChI=1S/C22H27N5O2/c1-16(2)26-22(28)10-9-19(23-26)20-15-21(25-13-11-18(29-3)12-14-25)24-27(20)17-7-5-4-6-8-17/h4-10,15-16,18H,11-14H2,1-3H3. The molecule has 152 valence electrons. The lowest BCUT2D eigenvalue weighted by molar-refractivity contribution is 0.0818. The lowest BCUT2D eigenvalue weighted by Crippen LogP contribution is -2.36. The first-order chi connectivity index (χ1) is 14.1. The largest absolute Gasteiger partial charge is 0.381 e. The molecule has 1 saturated heterocycles. The van der Waals surface area contributed by atoms with E-state index in [0.29, 0.717) is 6.10 Å². The van der Waals surface area contributed by atoms with Crippen molar-refractivity contribution in [3.8, 4) is 17.1 Å². The fourth-order valence-electron chi connectivity index (χ4n) is 3.72. The highest BCUT2D eigenvalue weighted by atomic mass is 16.5. The molecule has 0 radical (unpaired) electrons. The Morgan fingerprint density at radius 2 is 1.76 bits per heavy atom. The number of ether oxygens (including phenoxy) is 1. The van der Waals surface area contributed by atoms with Gasteiger partial charge in [0.2, 0.25) is 0 Å². The number of para-hydroxylation sites is 1.